The monoisotopic (exact) mass is 434 g/mol. The number of aromatic amines is 2. The molecule has 0 atom stereocenters. The lowest BCUT2D eigenvalue weighted by molar-refractivity contribution is 0.220. The summed E-state index contributed by atoms with van der Waals surface area (Å²) in [7, 11) is 0. The fourth-order valence-electron chi connectivity index (χ4n) is 4.78. The normalized spacial score (nSPS) is 14.7. The average molecular weight is 435 g/mol. The third kappa shape index (κ3) is 4.05. The first-order valence-corrected chi connectivity index (χ1v) is 11.6. The molecule has 0 bridgehead atoms. The third-order valence-corrected chi connectivity index (χ3v) is 6.47. The molecule has 1 fully saturated rings. The number of benzene rings is 1. The van der Waals surface area contributed by atoms with Crippen LogP contribution in [0.25, 0.3) is 44.7 Å². The second kappa shape index (κ2) is 8.64. The smallest absolute Gasteiger partial charge is 0.0943 e. The van der Waals surface area contributed by atoms with Gasteiger partial charge in [-0.3, -0.25) is 20.0 Å². The lowest BCUT2D eigenvalue weighted by Crippen LogP contribution is -2.29. The minimum absolute atomic E-state index is 0.908. The highest BCUT2D eigenvalue weighted by Crippen LogP contribution is 2.32. The van der Waals surface area contributed by atoms with Crippen molar-refractivity contribution in [3.05, 3.63) is 78.9 Å². The minimum atomic E-state index is 0.908. The van der Waals surface area contributed by atoms with Gasteiger partial charge in [0, 0.05) is 47.8 Å². The number of nitrogens with zero attached hydrogens (tertiary/aromatic N) is 4. The molecule has 6 heteroatoms. The van der Waals surface area contributed by atoms with Gasteiger partial charge in [0.05, 0.1) is 17.1 Å². The van der Waals surface area contributed by atoms with Crippen LogP contribution in [0.1, 0.15) is 24.8 Å². The fraction of sp³-hybridized carbons (Fsp3) is 0.222. The van der Waals surface area contributed by atoms with Gasteiger partial charge in [0.15, 0.2) is 0 Å². The van der Waals surface area contributed by atoms with Crippen molar-refractivity contribution >= 4 is 10.9 Å². The Labute approximate surface area is 192 Å². The zero-order valence-corrected chi connectivity index (χ0v) is 18.5. The first kappa shape index (κ1) is 19.9. The number of hydrogen-bond acceptors (Lipinski definition) is 4. The summed E-state index contributed by atoms with van der Waals surface area (Å²) in [4.78, 5) is 14.7. The quantitative estimate of drug-likeness (QED) is 0.374. The highest BCUT2D eigenvalue weighted by Gasteiger charge is 2.14. The molecule has 164 valence electrons. The van der Waals surface area contributed by atoms with Gasteiger partial charge in [-0.05, 0) is 79.0 Å². The Kier molecular flexibility index (Phi) is 5.20. The van der Waals surface area contributed by atoms with Gasteiger partial charge in [0.1, 0.15) is 0 Å². The highest BCUT2D eigenvalue weighted by atomic mass is 15.1. The van der Waals surface area contributed by atoms with Crippen LogP contribution in [0, 0.1) is 0 Å². The first-order valence-electron chi connectivity index (χ1n) is 11.6. The molecular weight excluding hydrogens is 408 g/mol. The van der Waals surface area contributed by atoms with Crippen molar-refractivity contribution in [3.63, 3.8) is 0 Å². The summed E-state index contributed by atoms with van der Waals surface area (Å²) in [5.41, 5.74) is 8.61. The Balaban J connectivity index is 1.29. The number of fused-ring (bicyclic) bond motifs is 1. The van der Waals surface area contributed by atoms with Crippen LogP contribution >= 0.6 is 0 Å². The lowest BCUT2D eigenvalue weighted by Gasteiger charge is -2.26. The second-order valence-electron chi connectivity index (χ2n) is 8.77. The maximum atomic E-state index is 4.59. The maximum Gasteiger partial charge on any atom is 0.0943 e. The number of piperidine rings is 1. The summed E-state index contributed by atoms with van der Waals surface area (Å²) in [6, 6.07) is 16.9. The van der Waals surface area contributed by atoms with Crippen molar-refractivity contribution in [1.82, 2.24) is 30.0 Å². The second-order valence-corrected chi connectivity index (χ2v) is 8.77. The molecule has 6 nitrogen and oxygen atoms in total. The van der Waals surface area contributed by atoms with Gasteiger partial charge in [0.2, 0.25) is 0 Å². The van der Waals surface area contributed by atoms with Crippen LogP contribution in [0.5, 0.6) is 0 Å². The molecule has 0 radical (unpaired) electrons. The summed E-state index contributed by atoms with van der Waals surface area (Å²) >= 11 is 0. The van der Waals surface area contributed by atoms with Gasteiger partial charge in [-0.25, -0.2) is 0 Å². The SMILES string of the molecule is c1cc(-c2ccncc2)c2cc(-c3cc(-c4cncc(CN5CCCCC5)c4)n[nH]3)[nH]c2c1. The van der Waals surface area contributed by atoms with Crippen molar-refractivity contribution < 1.29 is 0 Å². The van der Waals surface area contributed by atoms with Gasteiger partial charge < -0.3 is 4.98 Å². The Morgan fingerprint density at radius 3 is 2.58 bits per heavy atom. The molecule has 33 heavy (non-hydrogen) atoms. The number of nitrogens with one attached hydrogen (secondary N) is 2. The Hall–Kier alpha value is -3.77. The highest BCUT2D eigenvalue weighted by molar-refractivity contribution is 5.98. The van der Waals surface area contributed by atoms with Gasteiger partial charge in [-0.1, -0.05) is 18.6 Å². The van der Waals surface area contributed by atoms with E-state index in [0.717, 1.165) is 40.3 Å². The van der Waals surface area contributed by atoms with E-state index < -0.39 is 0 Å². The predicted molar refractivity (Wildman–Crippen MR) is 131 cm³/mol. The summed E-state index contributed by atoms with van der Waals surface area (Å²) in [6.45, 7) is 3.31. The molecule has 0 spiro atoms. The number of pyridine rings is 2. The number of rotatable bonds is 5. The summed E-state index contributed by atoms with van der Waals surface area (Å²) in [5.74, 6) is 0. The predicted octanol–water partition coefficient (Wildman–Crippen LogP) is 5.67. The Morgan fingerprint density at radius 2 is 1.70 bits per heavy atom. The van der Waals surface area contributed by atoms with Crippen molar-refractivity contribution in [2.45, 2.75) is 25.8 Å². The molecule has 1 saturated heterocycles. The third-order valence-electron chi connectivity index (χ3n) is 6.47. The van der Waals surface area contributed by atoms with E-state index in [2.05, 4.69) is 66.4 Å². The van der Waals surface area contributed by atoms with E-state index in [4.69, 9.17) is 0 Å². The molecule has 0 unspecified atom stereocenters. The lowest BCUT2D eigenvalue weighted by atomic mass is 10.0. The number of likely N-dealkylation sites (tertiary alicyclic amines) is 1. The molecule has 0 amide bonds. The van der Waals surface area contributed by atoms with Gasteiger partial charge in [-0.2, -0.15) is 5.10 Å². The molecule has 0 aliphatic carbocycles. The topological polar surface area (TPSA) is 73.5 Å². The summed E-state index contributed by atoms with van der Waals surface area (Å²) in [5, 5.41) is 8.99. The van der Waals surface area contributed by atoms with Crippen LogP contribution in [0.2, 0.25) is 0 Å². The first-order chi connectivity index (χ1) is 16.3. The molecule has 5 aromatic rings. The van der Waals surface area contributed by atoms with Gasteiger partial charge in [-0.15, -0.1) is 0 Å². The van der Waals surface area contributed by atoms with Crippen molar-refractivity contribution in [2.75, 3.05) is 13.1 Å². The van der Waals surface area contributed by atoms with E-state index in [-0.39, 0.29) is 0 Å². The summed E-state index contributed by atoms with van der Waals surface area (Å²) in [6.07, 6.45) is 11.5. The number of H-pyrrole nitrogens is 2. The average Bonchev–Trinajstić information content (AvgIpc) is 3.53. The molecular formula is C27H26N6. The van der Waals surface area contributed by atoms with Crippen LogP contribution in [0.15, 0.2) is 73.3 Å². The molecule has 0 saturated carbocycles. The number of aromatic nitrogens is 5. The van der Waals surface area contributed by atoms with E-state index in [1.54, 1.807) is 0 Å². The van der Waals surface area contributed by atoms with Crippen molar-refractivity contribution in [1.29, 1.82) is 0 Å². The standard InChI is InChI=1S/C27H26N6/c1-2-11-33(12-3-1)18-19-13-21(17-29-16-19)25-15-27(32-31-25)26-14-23-22(5-4-6-24(23)30-26)20-7-9-28-10-8-20/h4-10,13-17,30H,1-3,11-12,18H2,(H,31,32). The van der Waals surface area contributed by atoms with Gasteiger partial charge >= 0.3 is 0 Å². The van der Waals surface area contributed by atoms with Crippen LogP contribution in [0.4, 0.5) is 0 Å². The molecule has 1 aromatic carbocycles. The van der Waals surface area contributed by atoms with E-state index in [1.165, 1.54) is 48.9 Å². The van der Waals surface area contributed by atoms with Crippen molar-refractivity contribution in [2.24, 2.45) is 0 Å². The van der Waals surface area contributed by atoms with E-state index >= 15 is 0 Å². The van der Waals surface area contributed by atoms with E-state index in [0.29, 0.717) is 0 Å². The van der Waals surface area contributed by atoms with Crippen LogP contribution in [0.3, 0.4) is 0 Å². The van der Waals surface area contributed by atoms with Crippen LogP contribution in [-0.2, 0) is 6.54 Å². The van der Waals surface area contributed by atoms with Crippen LogP contribution in [-0.4, -0.2) is 43.1 Å². The Morgan fingerprint density at radius 1 is 0.818 bits per heavy atom. The van der Waals surface area contributed by atoms with E-state index in [9.17, 15) is 0 Å². The van der Waals surface area contributed by atoms with Crippen molar-refractivity contribution in [3.8, 4) is 33.8 Å². The van der Waals surface area contributed by atoms with E-state index in [1.807, 2.05) is 36.9 Å². The molecule has 2 N–H and O–H groups in total. The zero-order valence-electron chi connectivity index (χ0n) is 18.5. The molecule has 5 heterocycles. The zero-order chi connectivity index (χ0) is 22.0. The van der Waals surface area contributed by atoms with Gasteiger partial charge in [0.25, 0.3) is 0 Å². The van der Waals surface area contributed by atoms with Crippen LogP contribution < -0.4 is 0 Å². The fourth-order valence-corrected chi connectivity index (χ4v) is 4.78. The maximum absolute atomic E-state index is 4.59. The largest absolute Gasteiger partial charge is 0.353 e. The molecule has 1 aliphatic heterocycles. The molecule has 6 rings (SSSR count). The molecule has 1 aliphatic rings. The molecule has 4 aromatic heterocycles. The summed E-state index contributed by atoms with van der Waals surface area (Å²) < 4.78 is 0. The number of hydrogen-bond donors (Lipinski definition) is 2. The minimum Gasteiger partial charge on any atom is -0.353 e. The Bertz CT molecular complexity index is 1380.